The Hall–Kier alpha value is -0.910. The topological polar surface area (TPSA) is 52.6 Å². The van der Waals surface area contributed by atoms with Gasteiger partial charge in [0, 0.05) is 7.11 Å². The van der Waals surface area contributed by atoms with Crippen LogP contribution in [0, 0.1) is 0 Å². The predicted molar refractivity (Wildman–Crippen MR) is 70.2 cm³/mol. The summed E-state index contributed by atoms with van der Waals surface area (Å²) in [5.41, 5.74) is 1.13. The Morgan fingerprint density at radius 1 is 1.17 bits per heavy atom. The van der Waals surface area contributed by atoms with Gasteiger partial charge in [-0.25, -0.2) is 0 Å². The molecule has 0 N–H and O–H groups in total. The second kappa shape index (κ2) is 6.87. The van der Waals surface area contributed by atoms with Crippen LogP contribution < -0.4 is 0 Å². The molecule has 4 nitrogen and oxygen atoms in total. The van der Waals surface area contributed by atoms with Crippen LogP contribution in [0.5, 0.6) is 0 Å². The van der Waals surface area contributed by atoms with E-state index in [4.69, 9.17) is 8.92 Å². The zero-order valence-corrected chi connectivity index (χ0v) is 11.9. The van der Waals surface area contributed by atoms with E-state index in [0.717, 1.165) is 12.0 Å². The van der Waals surface area contributed by atoms with Crippen LogP contribution in [0.15, 0.2) is 29.2 Å². The molecule has 0 spiro atoms. The summed E-state index contributed by atoms with van der Waals surface area (Å²) in [6.45, 7) is 4.50. The summed E-state index contributed by atoms with van der Waals surface area (Å²) in [6.07, 6.45) is 1.02. The third-order valence-corrected chi connectivity index (χ3v) is 4.20. The van der Waals surface area contributed by atoms with Crippen LogP contribution in [0.25, 0.3) is 0 Å². The highest BCUT2D eigenvalue weighted by molar-refractivity contribution is 7.86. The van der Waals surface area contributed by atoms with Crippen molar-refractivity contribution in [3.05, 3.63) is 29.8 Å². The lowest BCUT2D eigenvalue weighted by molar-refractivity contribution is 0.149. The molecule has 0 aliphatic heterocycles. The molecule has 0 aromatic heterocycles. The van der Waals surface area contributed by atoms with Crippen LogP contribution in [-0.2, 0) is 19.0 Å². The Morgan fingerprint density at radius 2 is 1.78 bits per heavy atom. The van der Waals surface area contributed by atoms with Crippen LogP contribution in [0.4, 0.5) is 0 Å². The first-order valence-electron chi connectivity index (χ1n) is 5.99. The molecule has 5 heteroatoms. The Morgan fingerprint density at radius 3 is 2.28 bits per heavy atom. The Kier molecular flexibility index (Phi) is 5.78. The van der Waals surface area contributed by atoms with Gasteiger partial charge >= 0.3 is 0 Å². The van der Waals surface area contributed by atoms with Gasteiger partial charge in [-0.15, -0.1) is 0 Å². The summed E-state index contributed by atoms with van der Waals surface area (Å²) in [7, 11) is -2.16. The minimum absolute atomic E-state index is 0.0337. The molecule has 0 heterocycles. The molecule has 0 aliphatic carbocycles. The Labute approximate surface area is 109 Å². The molecule has 102 valence electrons. The molecule has 0 radical (unpaired) electrons. The molecule has 1 unspecified atom stereocenters. The first kappa shape index (κ1) is 15.1. The quantitative estimate of drug-likeness (QED) is 0.565. The predicted octanol–water partition coefficient (Wildman–Crippen LogP) is 2.55. The summed E-state index contributed by atoms with van der Waals surface area (Å²) in [5, 5.41) is 0. The summed E-state index contributed by atoms with van der Waals surface area (Å²) >= 11 is 0. The summed E-state index contributed by atoms with van der Waals surface area (Å²) < 4.78 is 33.1. The number of hydrogen-bond donors (Lipinski definition) is 0. The Balaban J connectivity index is 2.78. The molecule has 1 rings (SSSR count). The van der Waals surface area contributed by atoms with Crippen molar-refractivity contribution in [2.45, 2.75) is 31.1 Å². The molecule has 1 atom stereocenters. The lowest BCUT2D eigenvalue weighted by Crippen LogP contribution is -2.10. The molecule has 0 amide bonds. The molecular formula is C13H20O4S. The van der Waals surface area contributed by atoms with E-state index in [1.54, 1.807) is 12.1 Å². The third-order valence-electron chi connectivity index (χ3n) is 2.88. The standard InChI is InChI=1S/C13H20O4S/c1-4-11(2)12-5-7-13(8-6-12)18(14,15)17-10-9-16-3/h5-8,11H,4,9-10H2,1-3H3. The van der Waals surface area contributed by atoms with Crippen molar-refractivity contribution in [3.8, 4) is 0 Å². The first-order valence-corrected chi connectivity index (χ1v) is 7.40. The minimum Gasteiger partial charge on any atom is -0.382 e. The van der Waals surface area contributed by atoms with E-state index in [1.165, 1.54) is 7.11 Å². The zero-order valence-electron chi connectivity index (χ0n) is 11.0. The van der Waals surface area contributed by atoms with Crippen LogP contribution in [0.2, 0.25) is 0 Å². The number of hydrogen-bond acceptors (Lipinski definition) is 4. The minimum atomic E-state index is -3.66. The number of benzene rings is 1. The fourth-order valence-electron chi connectivity index (χ4n) is 1.49. The van der Waals surface area contributed by atoms with Gasteiger partial charge in [0.05, 0.1) is 18.1 Å². The molecule has 1 aromatic carbocycles. The molecular weight excluding hydrogens is 252 g/mol. The highest BCUT2D eigenvalue weighted by Crippen LogP contribution is 2.21. The maximum atomic E-state index is 11.8. The SMILES string of the molecule is CCC(C)c1ccc(S(=O)(=O)OCCOC)cc1. The highest BCUT2D eigenvalue weighted by Gasteiger charge is 2.15. The smallest absolute Gasteiger partial charge is 0.297 e. The van der Waals surface area contributed by atoms with Gasteiger partial charge in [-0.2, -0.15) is 8.42 Å². The van der Waals surface area contributed by atoms with Gasteiger partial charge in [-0.3, -0.25) is 4.18 Å². The van der Waals surface area contributed by atoms with Crippen LogP contribution in [0.3, 0.4) is 0 Å². The summed E-state index contributed by atoms with van der Waals surface area (Å²) in [6, 6.07) is 6.84. The first-order chi connectivity index (χ1) is 8.51. The fourth-order valence-corrected chi connectivity index (χ4v) is 2.39. The van der Waals surface area contributed by atoms with Crippen molar-refractivity contribution >= 4 is 10.1 Å². The van der Waals surface area contributed by atoms with Crippen molar-refractivity contribution < 1.29 is 17.3 Å². The van der Waals surface area contributed by atoms with E-state index < -0.39 is 10.1 Å². The number of ether oxygens (including phenoxy) is 1. The summed E-state index contributed by atoms with van der Waals surface area (Å²) in [4.78, 5) is 0.186. The molecule has 0 bridgehead atoms. The maximum Gasteiger partial charge on any atom is 0.297 e. The van der Waals surface area contributed by atoms with E-state index in [2.05, 4.69) is 13.8 Å². The van der Waals surface area contributed by atoms with Crippen LogP contribution in [-0.4, -0.2) is 28.7 Å². The largest absolute Gasteiger partial charge is 0.382 e. The second-order valence-electron chi connectivity index (χ2n) is 4.15. The molecule has 0 saturated heterocycles. The van der Waals surface area contributed by atoms with E-state index in [9.17, 15) is 8.42 Å². The number of rotatable bonds is 7. The molecule has 18 heavy (non-hydrogen) atoms. The van der Waals surface area contributed by atoms with E-state index in [1.807, 2.05) is 12.1 Å². The average Bonchev–Trinajstić information content (AvgIpc) is 2.38. The lowest BCUT2D eigenvalue weighted by atomic mass is 9.99. The normalized spacial score (nSPS) is 13.5. The average molecular weight is 272 g/mol. The van der Waals surface area contributed by atoms with E-state index >= 15 is 0 Å². The monoisotopic (exact) mass is 272 g/mol. The molecule has 0 aliphatic rings. The maximum absolute atomic E-state index is 11.8. The van der Waals surface area contributed by atoms with Crippen LogP contribution >= 0.6 is 0 Å². The fraction of sp³-hybridized carbons (Fsp3) is 0.538. The van der Waals surface area contributed by atoms with Gasteiger partial charge in [-0.05, 0) is 30.0 Å². The van der Waals surface area contributed by atoms with Gasteiger partial charge in [0.1, 0.15) is 0 Å². The Bertz CT molecular complexity index is 450. The third kappa shape index (κ3) is 4.08. The van der Waals surface area contributed by atoms with Crippen molar-refractivity contribution in [1.29, 1.82) is 0 Å². The molecule has 1 aromatic rings. The number of methoxy groups -OCH3 is 1. The van der Waals surface area contributed by atoms with Crippen molar-refractivity contribution in [2.24, 2.45) is 0 Å². The molecule has 0 saturated carbocycles. The van der Waals surface area contributed by atoms with Gasteiger partial charge in [-0.1, -0.05) is 26.0 Å². The van der Waals surface area contributed by atoms with E-state index in [0.29, 0.717) is 5.92 Å². The summed E-state index contributed by atoms with van der Waals surface area (Å²) in [5.74, 6) is 0.427. The van der Waals surface area contributed by atoms with Crippen molar-refractivity contribution in [2.75, 3.05) is 20.3 Å². The lowest BCUT2D eigenvalue weighted by Gasteiger charge is -2.10. The highest BCUT2D eigenvalue weighted by atomic mass is 32.2. The van der Waals surface area contributed by atoms with Gasteiger partial charge in [0.15, 0.2) is 0 Å². The zero-order chi connectivity index (χ0) is 13.6. The molecule has 0 fully saturated rings. The second-order valence-corrected chi connectivity index (χ2v) is 5.76. The van der Waals surface area contributed by atoms with Gasteiger partial charge in [0.25, 0.3) is 10.1 Å². The van der Waals surface area contributed by atoms with Gasteiger partial charge < -0.3 is 4.74 Å². The van der Waals surface area contributed by atoms with Gasteiger partial charge in [0.2, 0.25) is 0 Å². The van der Waals surface area contributed by atoms with E-state index in [-0.39, 0.29) is 18.1 Å². The van der Waals surface area contributed by atoms with Crippen molar-refractivity contribution in [1.82, 2.24) is 0 Å². The van der Waals surface area contributed by atoms with Crippen molar-refractivity contribution in [3.63, 3.8) is 0 Å². The van der Waals surface area contributed by atoms with Crippen LogP contribution in [0.1, 0.15) is 31.7 Å².